The Morgan fingerprint density at radius 3 is 2.38 bits per heavy atom. The highest BCUT2D eigenvalue weighted by atomic mass is 16.3. The molecule has 1 aromatic heterocycles. The molecule has 5 heteroatoms. The van der Waals surface area contributed by atoms with Gasteiger partial charge in [0, 0.05) is 24.8 Å². The number of phenols is 1. The molecule has 26 heavy (non-hydrogen) atoms. The van der Waals surface area contributed by atoms with Gasteiger partial charge in [-0.15, -0.1) is 0 Å². The fourth-order valence-electron chi connectivity index (χ4n) is 2.77. The minimum Gasteiger partial charge on any atom is -0.508 e. The standard InChI is InChI=1S/C21H22N2O3/c1-22(18-9-3-2-4-10-18)21(25)16-23(15-19-11-7-13-26-19)14-17-8-5-6-12-20(17)24/h2-13,24H,14-16H2,1H3. The Morgan fingerprint density at radius 2 is 1.69 bits per heavy atom. The van der Waals surface area contributed by atoms with Crippen LogP contribution in [0.15, 0.2) is 77.4 Å². The third-order valence-corrected chi connectivity index (χ3v) is 4.22. The molecular weight excluding hydrogens is 328 g/mol. The van der Waals surface area contributed by atoms with Gasteiger partial charge in [0.15, 0.2) is 0 Å². The quantitative estimate of drug-likeness (QED) is 0.707. The van der Waals surface area contributed by atoms with Gasteiger partial charge in [0.1, 0.15) is 11.5 Å². The van der Waals surface area contributed by atoms with Crippen molar-refractivity contribution in [3.8, 4) is 5.75 Å². The molecule has 0 atom stereocenters. The molecule has 0 aliphatic heterocycles. The minimum absolute atomic E-state index is 0.0295. The van der Waals surface area contributed by atoms with Crippen LogP contribution in [0.1, 0.15) is 11.3 Å². The first-order chi connectivity index (χ1) is 12.6. The molecule has 0 bridgehead atoms. The maximum Gasteiger partial charge on any atom is 0.240 e. The van der Waals surface area contributed by atoms with E-state index < -0.39 is 0 Å². The molecule has 3 aromatic rings. The molecule has 134 valence electrons. The van der Waals surface area contributed by atoms with E-state index in [1.165, 1.54) is 0 Å². The number of carbonyl (C=O) groups excluding carboxylic acids is 1. The Balaban J connectivity index is 1.74. The molecule has 0 unspecified atom stereocenters. The Kier molecular flexibility index (Phi) is 5.71. The number of furan rings is 1. The second kappa shape index (κ2) is 8.36. The predicted octanol–water partition coefficient (Wildman–Crippen LogP) is 3.65. The Morgan fingerprint density at radius 1 is 0.962 bits per heavy atom. The number of para-hydroxylation sites is 2. The van der Waals surface area contributed by atoms with E-state index in [0.29, 0.717) is 13.1 Å². The van der Waals surface area contributed by atoms with Gasteiger partial charge in [-0.25, -0.2) is 0 Å². The molecule has 0 saturated heterocycles. The Labute approximate surface area is 153 Å². The lowest BCUT2D eigenvalue weighted by atomic mass is 10.2. The number of carbonyl (C=O) groups is 1. The van der Waals surface area contributed by atoms with Crippen LogP contribution in [0.3, 0.4) is 0 Å². The summed E-state index contributed by atoms with van der Waals surface area (Å²) >= 11 is 0. The van der Waals surface area contributed by atoms with Crippen LogP contribution >= 0.6 is 0 Å². The summed E-state index contributed by atoms with van der Waals surface area (Å²) < 4.78 is 5.43. The van der Waals surface area contributed by atoms with Crippen molar-refractivity contribution < 1.29 is 14.3 Å². The number of rotatable bonds is 7. The van der Waals surface area contributed by atoms with Crippen molar-refractivity contribution in [1.82, 2.24) is 4.90 Å². The van der Waals surface area contributed by atoms with Crippen molar-refractivity contribution in [2.24, 2.45) is 0 Å². The van der Waals surface area contributed by atoms with Gasteiger partial charge in [-0.05, 0) is 30.3 Å². The lowest BCUT2D eigenvalue weighted by molar-refractivity contribution is -0.119. The number of aromatic hydroxyl groups is 1. The summed E-state index contributed by atoms with van der Waals surface area (Å²) in [7, 11) is 1.77. The number of nitrogens with zero attached hydrogens (tertiary/aromatic N) is 2. The fraction of sp³-hybridized carbons (Fsp3) is 0.190. The van der Waals surface area contributed by atoms with Gasteiger partial charge in [0.25, 0.3) is 0 Å². The van der Waals surface area contributed by atoms with E-state index in [9.17, 15) is 9.90 Å². The van der Waals surface area contributed by atoms with Crippen LogP contribution in [0.4, 0.5) is 5.69 Å². The molecule has 1 N–H and O–H groups in total. The van der Waals surface area contributed by atoms with Crippen LogP contribution < -0.4 is 4.90 Å². The Hall–Kier alpha value is -3.05. The van der Waals surface area contributed by atoms with Gasteiger partial charge >= 0.3 is 0 Å². The van der Waals surface area contributed by atoms with Crippen LogP contribution in [-0.4, -0.2) is 29.5 Å². The second-order valence-corrected chi connectivity index (χ2v) is 6.14. The number of hydrogen-bond acceptors (Lipinski definition) is 4. The summed E-state index contributed by atoms with van der Waals surface area (Å²) in [5.41, 5.74) is 1.62. The first-order valence-corrected chi connectivity index (χ1v) is 8.46. The highest BCUT2D eigenvalue weighted by Gasteiger charge is 2.18. The van der Waals surface area contributed by atoms with E-state index in [0.717, 1.165) is 17.0 Å². The Bertz CT molecular complexity index is 831. The third-order valence-electron chi connectivity index (χ3n) is 4.22. The van der Waals surface area contributed by atoms with E-state index in [-0.39, 0.29) is 18.2 Å². The normalized spacial score (nSPS) is 10.8. The fourth-order valence-corrected chi connectivity index (χ4v) is 2.77. The van der Waals surface area contributed by atoms with Gasteiger partial charge in [-0.2, -0.15) is 0 Å². The van der Waals surface area contributed by atoms with Crippen LogP contribution in [0.25, 0.3) is 0 Å². The zero-order valence-corrected chi connectivity index (χ0v) is 14.7. The third kappa shape index (κ3) is 4.52. The average molecular weight is 350 g/mol. The SMILES string of the molecule is CN(C(=O)CN(Cc1ccco1)Cc1ccccc1O)c1ccccc1. The van der Waals surface area contributed by atoms with Crippen molar-refractivity contribution in [3.63, 3.8) is 0 Å². The maximum absolute atomic E-state index is 12.7. The summed E-state index contributed by atoms with van der Waals surface area (Å²) in [5, 5.41) is 10.1. The molecular formula is C21H22N2O3. The van der Waals surface area contributed by atoms with Crippen molar-refractivity contribution in [3.05, 3.63) is 84.3 Å². The number of amides is 1. The van der Waals surface area contributed by atoms with Crippen molar-refractivity contribution in [2.75, 3.05) is 18.5 Å². The number of hydrogen-bond donors (Lipinski definition) is 1. The van der Waals surface area contributed by atoms with Crippen molar-refractivity contribution in [2.45, 2.75) is 13.1 Å². The molecule has 1 amide bonds. The molecule has 0 saturated carbocycles. The molecule has 0 aliphatic carbocycles. The minimum atomic E-state index is -0.0295. The molecule has 0 fully saturated rings. The first kappa shape index (κ1) is 17.8. The summed E-state index contributed by atoms with van der Waals surface area (Å²) in [5.74, 6) is 0.967. The zero-order valence-electron chi connectivity index (χ0n) is 14.7. The van der Waals surface area contributed by atoms with Crippen LogP contribution in [-0.2, 0) is 17.9 Å². The highest BCUT2D eigenvalue weighted by molar-refractivity contribution is 5.94. The molecule has 0 aliphatic rings. The van der Waals surface area contributed by atoms with E-state index in [1.807, 2.05) is 59.5 Å². The summed E-state index contributed by atoms with van der Waals surface area (Å²) in [4.78, 5) is 16.3. The largest absolute Gasteiger partial charge is 0.508 e. The van der Waals surface area contributed by atoms with Crippen molar-refractivity contribution in [1.29, 1.82) is 0 Å². The van der Waals surface area contributed by atoms with Crippen LogP contribution in [0.5, 0.6) is 5.75 Å². The number of benzene rings is 2. The molecule has 5 nitrogen and oxygen atoms in total. The van der Waals surface area contributed by atoms with Gasteiger partial charge in [0.2, 0.25) is 5.91 Å². The molecule has 0 spiro atoms. The monoisotopic (exact) mass is 350 g/mol. The second-order valence-electron chi connectivity index (χ2n) is 6.14. The smallest absolute Gasteiger partial charge is 0.240 e. The van der Waals surface area contributed by atoms with Gasteiger partial charge < -0.3 is 14.4 Å². The van der Waals surface area contributed by atoms with E-state index in [2.05, 4.69) is 0 Å². The highest BCUT2D eigenvalue weighted by Crippen LogP contribution is 2.20. The first-order valence-electron chi connectivity index (χ1n) is 8.46. The summed E-state index contributed by atoms with van der Waals surface area (Å²) in [6, 6.07) is 20.4. The number of likely N-dealkylation sites (N-methyl/N-ethyl adjacent to an activating group) is 1. The zero-order chi connectivity index (χ0) is 18.4. The lowest BCUT2D eigenvalue weighted by Gasteiger charge is -2.25. The van der Waals surface area contributed by atoms with Crippen LogP contribution in [0.2, 0.25) is 0 Å². The van der Waals surface area contributed by atoms with Crippen LogP contribution in [0, 0.1) is 0 Å². The number of phenolic OH excluding ortho intramolecular Hbond substituents is 1. The molecule has 2 aromatic carbocycles. The van der Waals surface area contributed by atoms with Crippen molar-refractivity contribution >= 4 is 11.6 Å². The molecule has 0 radical (unpaired) electrons. The topological polar surface area (TPSA) is 56.9 Å². The molecule has 1 heterocycles. The van der Waals surface area contributed by atoms with Gasteiger partial charge in [0.05, 0.1) is 19.4 Å². The average Bonchev–Trinajstić information content (AvgIpc) is 3.16. The van der Waals surface area contributed by atoms with Gasteiger partial charge in [-0.3, -0.25) is 9.69 Å². The van der Waals surface area contributed by atoms with Gasteiger partial charge in [-0.1, -0.05) is 36.4 Å². The predicted molar refractivity (Wildman–Crippen MR) is 101 cm³/mol. The molecule has 3 rings (SSSR count). The number of anilines is 1. The lowest BCUT2D eigenvalue weighted by Crippen LogP contribution is -2.37. The maximum atomic E-state index is 12.7. The van der Waals surface area contributed by atoms with E-state index in [1.54, 1.807) is 30.3 Å². The van der Waals surface area contributed by atoms with E-state index >= 15 is 0 Å². The summed E-state index contributed by atoms with van der Waals surface area (Å²) in [6.07, 6.45) is 1.62. The van der Waals surface area contributed by atoms with E-state index in [4.69, 9.17) is 4.42 Å². The summed E-state index contributed by atoms with van der Waals surface area (Å²) in [6.45, 7) is 1.14.